The molecule has 7 heteroatoms. The molecule has 33 heavy (non-hydrogen) atoms. The molecule has 0 N–H and O–H groups in total. The molecule has 0 bridgehead atoms. The van der Waals surface area contributed by atoms with Crippen LogP contribution in [0.25, 0.3) is 23.0 Å². The summed E-state index contributed by atoms with van der Waals surface area (Å²) in [6, 6.07) is 19.5. The number of nitrogens with zero attached hydrogens (tertiary/aromatic N) is 4. The van der Waals surface area contributed by atoms with Crippen LogP contribution in [0.5, 0.6) is 5.75 Å². The summed E-state index contributed by atoms with van der Waals surface area (Å²) in [6.45, 7) is 4.64. The largest absolute Gasteiger partial charge is 0.494 e. The Morgan fingerprint density at radius 2 is 1.88 bits per heavy atom. The van der Waals surface area contributed by atoms with Crippen LogP contribution in [0.2, 0.25) is 0 Å². The summed E-state index contributed by atoms with van der Waals surface area (Å²) in [5.41, 5.74) is 3.21. The van der Waals surface area contributed by atoms with Crippen LogP contribution in [0.3, 0.4) is 0 Å². The summed E-state index contributed by atoms with van der Waals surface area (Å²) >= 11 is 0. The standard InChI is InChI=1S/C26H26N4O3/c1-2-14-33-24-10-8-20(9-11-24)25-22(19-30(28-25)23-6-4-3-5-7-23)17-21(18-27)26(31)29-12-15-32-16-13-29/h3-11,17,19H,2,12-16H2,1H3/b21-17+. The SMILES string of the molecule is CCCOc1ccc(-c2nn(-c3ccccc3)cc2/C=C(\C#N)C(=O)N2CCOCC2)cc1. The van der Waals surface area contributed by atoms with E-state index in [4.69, 9.17) is 14.6 Å². The number of morpholine rings is 1. The fraction of sp³-hybridized carbons (Fsp3) is 0.269. The van der Waals surface area contributed by atoms with E-state index >= 15 is 0 Å². The van der Waals surface area contributed by atoms with Crippen LogP contribution in [-0.4, -0.2) is 53.5 Å². The van der Waals surface area contributed by atoms with E-state index < -0.39 is 0 Å². The molecule has 168 valence electrons. The zero-order valence-electron chi connectivity index (χ0n) is 18.6. The lowest BCUT2D eigenvalue weighted by Gasteiger charge is -2.26. The molecule has 1 aromatic heterocycles. The minimum Gasteiger partial charge on any atom is -0.494 e. The molecule has 0 saturated carbocycles. The monoisotopic (exact) mass is 442 g/mol. The number of benzene rings is 2. The van der Waals surface area contributed by atoms with Gasteiger partial charge in [-0.25, -0.2) is 4.68 Å². The van der Waals surface area contributed by atoms with Crippen LogP contribution in [0.15, 0.2) is 66.4 Å². The van der Waals surface area contributed by atoms with Gasteiger partial charge in [0, 0.05) is 30.4 Å². The molecular weight excluding hydrogens is 416 g/mol. The van der Waals surface area contributed by atoms with Gasteiger partial charge in [-0.2, -0.15) is 10.4 Å². The van der Waals surface area contributed by atoms with Gasteiger partial charge < -0.3 is 14.4 Å². The molecule has 0 spiro atoms. The molecule has 1 amide bonds. The first kappa shape index (κ1) is 22.3. The Morgan fingerprint density at radius 1 is 1.15 bits per heavy atom. The number of ether oxygens (including phenoxy) is 2. The van der Waals surface area contributed by atoms with Gasteiger partial charge in [0.15, 0.2) is 0 Å². The maximum absolute atomic E-state index is 12.9. The van der Waals surface area contributed by atoms with E-state index in [0.29, 0.717) is 44.2 Å². The molecule has 1 saturated heterocycles. The van der Waals surface area contributed by atoms with Crippen molar-refractivity contribution in [3.8, 4) is 28.8 Å². The highest BCUT2D eigenvalue weighted by Gasteiger charge is 2.22. The smallest absolute Gasteiger partial charge is 0.264 e. The van der Waals surface area contributed by atoms with E-state index in [9.17, 15) is 10.1 Å². The summed E-state index contributed by atoms with van der Waals surface area (Å²) in [5.74, 6) is 0.503. The zero-order chi connectivity index (χ0) is 23.0. The topological polar surface area (TPSA) is 80.4 Å². The van der Waals surface area contributed by atoms with Gasteiger partial charge in [0.25, 0.3) is 5.91 Å². The molecule has 0 radical (unpaired) electrons. The Kier molecular flexibility index (Phi) is 7.18. The van der Waals surface area contributed by atoms with Gasteiger partial charge in [-0.15, -0.1) is 0 Å². The van der Waals surface area contributed by atoms with Gasteiger partial charge in [-0.05, 0) is 48.9 Å². The minimum atomic E-state index is -0.289. The summed E-state index contributed by atoms with van der Waals surface area (Å²) in [7, 11) is 0. The van der Waals surface area contributed by atoms with Crippen molar-refractivity contribution < 1.29 is 14.3 Å². The van der Waals surface area contributed by atoms with Crippen LogP contribution < -0.4 is 4.74 Å². The lowest BCUT2D eigenvalue weighted by molar-refractivity contribution is -0.130. The highest BCUT2D eigenvalue weighted by molar-refractivity contribution is 6.02. The molecule has 2 heterocycles. The Bertz CT molecular complexity index is 1150. The lowest BCUT2D eigenvalue weighted by atomic mass is 10.1. The first-order valence-corrected chi connectivity index (χ1v) is 11.1. The predicted octanol–water partition coefficient (Wildman–Crippen LogP) is 4.09. The zero-order valence-corrected chi connectivity index (χ0v) is 18.6. The van der Waals surface area contributed by atoms with E-state index in [1.165, 1.54) is 0 Å². The van der Waals surface area contributed by atoms with E-state index in [-0.39, 0.29) is 11.5 Å². The Hall–Kier alpha value is -3.89. The lowest BCUT2D eigenvalue weighted by Crippen LogP contribution is -2.41. The third-order valence-electron chi connectivity index (χ3n) is 5.31. The van der Waals surface area contributed by atoms with Crippen molar-refractivity contribution in [3.05, 3.63) is 71.9 Å². The average molecular weight is 443 g/mol. The number of rotatable bonds is 7. The molecule has 1 aliphatic rings. The van der Waals surface area contributed by atoms with Crippen molar-refractivity contribution in [2.45, 2.75) is 13.3 Å². The van der Waals surface area contributed by atoms with Crippen LogP contribution in [-0.2, 0) is 9.53 Å². The number of carbonyl (C=O) groups excluding carboxylic acids is 1. The van der Waals surface area contributed by atoms with E-state index in [2.05, 4.69) is 13.0 Å². The first-order chi connectivity index (χ1) is 16.2. The number of para-hydroxylation sites is 1. The molecule has 0 unspecified atom stereocenters. The van der Waals surface area contributed by atoms with Crippen LogP contribution in [0.1, 0.15) is 18.9 Å². The van der Waals surface area contributed by atoms with Gasteiger partial charge in [0.2, 0.25) is 0 Å². The highest BCUT2D eigenvalue weighted by Crippen LogP contribution is 2.28. The molecule has 3 aromatic rings. The average Bonchev–Trinajstić information content (AvgIpc) is 3.31. The third-order valence-corrected chi connectivity index (χ3v) is 5.31. The van der Waals surface area contributed by atoms with Crippen LogP contribution in [0, 0.1) is 11.3 Å². The van der Waals surface area contributed by atoms with Crippen molar-refractivity contribution >= 4 is 12.0 Å². The molecule has 2 aromatic carbocycles. The summed E-state index contributed by atoms with van der Waals surface area (Å²) in [4.78, 5) is 14.6. The fourth-order valence-corrected chi connectivity index (χ4v) is 3.59. The molecule has 1 fully saturated rings. The quantitative estimate of drug-likeness (QED) is 0.407. The van der Waals surface area contributed by atoms with Crippen molar-refractivity contribution in [1.82, 2.24) is 14.7 Å². The van der Waals surface area contributed by atoms with Gasteiger partial charge in [-0.3, -0.25) is 4.79 Å². The Labute approximate surface area is 193 Å². The Balaban J connectivity index is 1.72. The van der Waals surface area contributed by atoms with Gasteiger partial charge in [0.1, 0.15) is 17.4 Å². The summed E-state index contributed by atoms with van der Waals surface area (Å²) in [6.07, 6.45) is 4.41. The second-order valence-corrected chi connectivity index (χ2v) is 7.66. The number of hydrogen-bond donors (Lipinski definition) is 0. The Morgan fingerprint density at radius 3 is 2.55 bits per heavy atom. The predicted molar refractivity (Wildman–Crippen MR) is 126 cm³/mol. The molecule has 4 rings (SSSR count). The second kappa shape index (κ2) is 10.6. The molecule has 0 atom stereocenters. The number of hydrogen-bond acceptors (Lipinski definition) is 5. The molecule has 0 aliphatic carbocycles. The molecule has 7 nitrogen and oxygen atoms in total. The van der Waals surface area contributed by atoms with E-state index in [1.54, 1.807) is 15.7 Å². The normalized spacial score (nSPS) is 14.1. The van der Waals surface area contributed by atoms with E-state index in [1.807, 2.05) is 60.8 Å². The maximum Gasteiger partial charge on any atom is 0.264 e. The summed E-state index contributed by atoms with van der Waals surface area (Å²) in [5, 5.41) is 14.5. The first-order valence-electron chi connectivity index (χ1n) is 11.1. The number of aromatic nitrogens is 2. The van der Waals surface area contributed by atoms with E-state index in [0.717, 1.165) is 23.4 Å². The fourth-order valence-electron chi connectivity index (χ4n) is 3.59. The highest BCUT2D eigenvalue weighted by atomic mass is 16.5. The van der Waals surface area contributed by atoms with Crippen molar-refractivity contribution in [3.63, 3.8) is 0 Å². The molecular formula is C26H26N4O3. The van der Waals surface area contributed by atoms with Crippen molar-refractivity contribution in [1.29, 1.82) is 5.26 Å². The third kappa shape index (κ3) is 5.30. The van der Waals surface area contributed by atoms with Gasteiger partial charge in [0.05, 0.1) is 31.2 Å². The van der Waals surface area contributed by atoms with Crippen LogP contribution >= 0.6 is 0 Å². The number of nitriles is 1. The molecule has 1 aliphatic heterocycles. The minimum absolute atomic E-state index is 0.0775. The number of carbonyl (C=O) groups is 1. The number of amides is 1. The maximum atomic E-state index is 12.9. The summed E-state index contributed by atoms with van der Waals surface area (Å²) < 4.78 is 12.8. The van der Waals surface area contributed by atoms with Gasteiger partial charge in [-0.1, -0.05) is 25.1 Å². The van der Waals surface area contributed by atoms with Gasteiger partial charge >= 0.3 is 0 Å². The van der Waals surface area contributed by atoms with Crippen molar-refractivity contribution in [2.24, 2.45) is 0 Å². The van der Waals surface area contributed by atoms with Crippen molar-refractivity contribution in [2.75, 3.05) is 32.9 Å². The second-order valence-electron chi connectivity index (χ2n) is 7.66. The van der Waals surface area contributed by atoms with Crippen LogP contribution in [0.4, 0.5) is 0 Å².